The first-order valence-corrected chi connectivity index (χ1v) is 1.93. The molecule has 1 heterocycles. The normalized spacial score (nSPS) is 15.5. The molecule has 0 saturated carbocycles. The number of nitrogens with zero attached hydrogens (tertiary/aromatic N) is 2. The molecule has 0 aromatic heterocycles. The first kappa shape index (κ1) is 5.08. The molecule has 0 N–H and O–H groups in total. The smallest absolute Gasteiger partial charge is 0.171 e. The van der Waals surface area contributed by atoms with E-state index in [2.05, 4.69) is 10.2 Å². The summed E-state index contributed by atoms with van der Waals surface area (Å²) in [7, 11) is 0. The van der Waals surface area contributed by atoms with Crippen LogP contribution in [0.2, 0.25) is 0 Å². The lowest BCUT2D eigenvalue weighted by Crippen LogP contribution is -1.65. The summed E-state index contributed by atoms with van der Waals surface area (Å²) in [6.07, 6.45) is 0.576. The second kappa shape index (κ2) is 1.81. The maximum absolute atomic E-state index is 11.4. The van der Waals surface area contributed by atoms with Crippen LogP contribution >= 0.6 is 0 Å². The average Bonchev–Trinajstić information content (AvgIpc) is 2.12. The second-order valence-corrected chi connectivity index (χ2v) is 1.18. The Morgan fingerprint density at radius 2 is 2.25 bits per heavy atom. The fraction of sp³-hybridized carbons (Fsp3) is 0. The molecule has 0 aromatic carbocycles. The van der Waals surface area contributed by atoms with Crippen LogP contribution in [-0.4, -0.2) is 0 Å². The molecule has 0 amide bonds. The van der Waals surface area contributed by atoms with Crippen molar-refractivity contribution in [2.45, 2.75) is 0 Å². The maximum Gasteiger partial charge on any atom is 0.297 e. The lowest BCUT2D eigenvalue weighted by molar-refractivity contribution is 0.413. The van der Waals surface area contributed by atoms with Crippen molar-refractivity contribution in [3.8, 4) is 0 Å². The SMILES string of the molecule is FC(F)=C1C=CN=N1. The molecule has 2 nitrogen and oxygen atoms in total. The third kappa shape index (κ3) is 0.776. The van der Waals surface area contributed by atoms with Crippen LogP contribution in [0.4, 0.5) is 8.78 Å². The fourth-order valence-corrected chi connectivity index (χ4v) is 0.334. The number of hydrogen-bond donors (Lipinski definition) is 0. The van der Waals surface area contributed by atoms with Gasteiger partial charge in [0, 0.05) is 0 Å². The van der Waals surface area contributed by atoms with Crippen molar-refractivity contribution < 1.29 is 8.78 Å². The molecule has 0 radical (unpaired) electrons. The Morgan fingerprint density at radius 3 is 2.50 bits per heavy atom. The van der Waals surface area contributed by atoms with Crippen molar-refractivity contribution in [3.05, 3.63) is 24.1 Å². The molecular weight excluding hydrogens is 114 g/mol. The van der Waals surface area contributed by atoms with Crippen LogP contribution in [0.5, 0.6) is 0 Å². The van der Waals surface area contributed by atoms with Gasteiger partial charge < -0.3 is 0 Å². The molecule has 1 aliphatic heterocycles. The summed E-state index contributed by atoms with van der Waals surface area (Å²) >= 11 is 0. The third-order valence-corrected chi connectivity index (χ3v) is 0.658. The number of azo groups is 1. The predicted molar refractivity (Wildman–Crippen MR) is 23.2 cm³/mol. The van der Waals surface area contributed by atoms with Crippen LogP contribution in [0, 0.1) is 0 Å². The van der Waals surface area contributed by atoms with E-state index in [-0.39, 0.29) is 5.70 Å². The lowest BCUT2D eigenvalue weighted by Gasteiger charge is -1.78. The van der Waals surface area contributed by atoms with Crippen molar-refractivity contribution in [2.75, 3.05) is 0 Å². The zero-order valence-electron chi connectivity index (χ0n) is 3.81. The fourth-order valence-electron chi connectivity index (χ4n) is 0.334. The van der Waals surface area contributed by atoms with Crippen molar-refractivity contribution >= 4 is 0 Å². The van der Waals surface area contributed by atoms with E-state index < -0.39 is 6.08 Å². The molecule has 1 aliphatic rings. The van der Waals surface area contributed by atoms with Crippen molar-refractivity contribution in [3.63, 3.8) is 0 Å². The quantitative estimate of drug-likeness (QED) is 0.462. The summed E-state index contributed by atoms with van der Waals surface area (Å²) in [4.78, 5) is 0. The van der Waals surface area contributed by atoms with Gasteiger partial charge in [-0.25, -0.2) is 0 Å². The van der Waals surface area contributed by atoms with Gasteiger partial charge in [0.25, 0.3) is 6.08 Å². The Labute approximate surface area is 44.2 Å². The van der Waals surface area contributed by atoms with Gasteiger partial charge in [-0.2, -0.15) is 13.9 Å². The van der Waals surface area contributed by atoms with Crippen LogP contribution in [0.1, 0.15) is 0 Å². The molecule has 0 aliphatic carbocycles. The molecule has 0 fully saturated rings. The standard InChI is InChI=1S/C4H2F2N2/c5-4(6)3-1-2-7-8-3/h1-2H. The highest BCUT2D eigenvalue weighted by atomic mass is 19.3. The van der Waals surface area contributed by atoms with E-state index in [9.17, 15) is 8.78 Å². The topological polar surface area (TPSA) is 24.7 Å². The van der Waals surface area contributed by atoms with Crippen LogP contribution in [0.25, 0.3) is 0 Å². The van der Waals surface area contributed by atoms with Crippen molar-refractivity contribution in [2.24, 2.45) is 10.2 Å². The summed E-state index contributed by atoms with van der Waals surface area (Å²) in [5.41, 5.74) is -0.343. The summed E-state index contributed by atoms with van der Waals surface area (Å²) in [6, 6.07) is 0. The highest BCUT2D eigenvalue weighted by Gasteiger charge is 2.02. The predicted octanol–water partition coefficient (Wildman–Crippen LogP) is 2.07. The zero-order chi connectivity index (χ0) is 5.98. The molecule has 8 heavy (non-hydrogen) atoms. The van der Waals surface area contributed by atoms with Crippen molar-refractivity contribution in [1.29, 1.82) is 0 Å². The van der Waals surface area contributed by atoms with Gasteiger partial charge in [-0.05, 0) is 6.08 Å². The Hall–Kier alpha value is -1.06. The van der Waals surface area contributed by atoms with Gasteiger partial charge >= 0.3 is 0 Å². The Bertz CT molecular complexity index is 162. The highest BCUT2D eigenvalue weighted by Crippen LogP contribution is 2.14. The second-order valence-electron chi connectivity index (χ2n) is 1.18. The van der Waals surface area contributed by atoms with E-state index in [0.717, 1.165) is 6.08 Å². The molecule has 4 heteroatoms. The van der Waals surface area contributed by atoms with Crippen LogP contribution in [-0.2, 0) is 0 Å². The molecule has 1 rings (SSSR count). The van der Waals surface area contributed by atoms with E-state index in [1.54, 1.807) is 0 Å². The third-order valence-electron chi connectivity index (χ3n) is 0.658. The van der Waals surface area contributed by atoms with Gasteiger partial charge in [0.1, 0.15) is 0 Å². The molecule has 0 aromatic rings. The number of allylic oxidation sites excluding steroid dienone is 1. The van der Waals surface area contributed by atoms with E-state index >= 15 is 0 Å². The molecule has 0 spiro atoms. The lowest BCUT2D eigenvalue weighted by atomic mass is 10.5. The first-order chi connectivity index (χ1) is 3.80. The van der Waals surface area contributed by atoms with E-state index in [4.69, 9.17) is 0 Å². The van der Waals surface area contributed by atoms with Gasteiger partial charge in [0.15, 0.2) is 5.70 Å². The summed E-state index contributed by atoms with van der Waals surface area (Å²) in [5.74, 6) is 0. The molecule has 0 unspecified atom stereocenters. The van der Waals surface area contributed by atoms with Crippen LogP contribution in [0.3, 0.4) is 0 Å². The van der Waals surface area contributed by atoms with Gasteiger partial charge in [-0.1, -0.05) is 0 Å². The molecule has 0 bridgehead atoms. The number of halogens is 2. The Kier molecular flexibility index (Phi) is 1.15. The summed E-state index contributed by atoms with van der Waals surface area (Å²) < 4.78 is 22.8. The largest absolute Gasteiger partial charge is 0.297 e. The van der Waals surface area contributed by atoms with Gasteiger partial charge in [0.2, 0.25) is 0 Å². The highest BCUT2D eigenvalue weighted by molar-refractivity contribution is 5.19. The Morgan fingerprint density at radius 1 is 1.50 bits per heavy atom. The van der Waals surface area contributed by atoms with E-state index in [1.165, 1.54) is 6.20 Å². The average molecular weight is 116 g/mol. The monoisotopic (exact) mass is 116 g/mol. The minimum absolute atomic E-state index is 0.343. The molecular formula is C4H2F2N2. The van der Waals surface area contributed by atoms with Crippen molar-refractivity contribution in [1.82, 2.24) is 0 Å². The van der Waals surface area contributed by atoms with Crippen LogP contribution < -0.4 is 0 Å². The minimum Gasteiger partial charge on any atom is -0.171 e. The van der Waals surface area contributed by atoms with Gasteiger partial charge in [-0.15, -0.1) is 5.11 Å². The zero-order valence-corrected chi connectivity index (χ0v) is 3.81. The molecule has 0 atom stereocenters. The molecule has 42 valence electrons. The molecule has 0 saturated heterocycles. The van der Waals surface area contributed by atoms with Crippen LogP contribution in [0.15, 0.2) is 34.3 Å². The maximum atomic E-state index is 11.4. The minimum atomic E-state index is -1.79. The van der Waals surface area contributed by atoms with Gasteiger partial charge in [-0.3, -0.25) is 0 Å². The van der Waals surface area contributed by atoms with E-state index in [0.29, 0.717) is 0 Å². The summed E-state index contributed by atoms with van der Waals surface area (Å²) in [6.45, 7) is 0. The summed E-state index contributed by atoms with van der Waals surface area (Å²) in [5, 5.41) is 6.27. The van der Waals surface area contributed by atoms with Gasteiger partial charge in [0.05, 0.1) is 6.20 Å². The number of rotatable bonds is 0. The number of hydrogen-bond acceptors (Lipinski definition) is 2. The van der Waals surface area contributed by atoms with E-state index in [1.807, 2.05) is 0 Å². The first-order valence-electron chi connectivity index (χ1n) is 1.93. The Balaban J connectivity index is 2.90.